The van der Waals surface area contributed by atoms with Crippen molar-refractivity contribution in [2.75, 3.05) is 24.5 Å². The Hall–Kier alpha value is -0.770. The Morgan fingerprint density at radius 3 is 2.84 bits per heavy atom. The number of rotatable bonds is 2. The third-order valence-corrected chi connectivity index (χ3v) is 4.50. The summed E-state index contributed by atoms with van der Waals surface area (Å²) in [7, 11) is 0. The summed E-state index contributed by atoms with van der Waals surface area (Å²) in [5.74, 6) is 0.819. The van der Waals surface area contributed by atoms with Gasteiger partial charge in [-0.05, 0) is 43.1 Å². The average molecular weight is 301 g/mol. The van der Waals surface area contributed by atoms with Gasteiger partial charge in [0.25, 0.3) is 0 Å². The molecule has 0 radical (unpaired) electrons. The lowest BCUT2D eigenvalue weighted by molar-refractivity contribution is -0.123. The summed E-state index contributed by atoms with van der Waals surface area (Å²) >= 11 is 6.17. The fraction of sp³-hybridized carbons (Fsp3) is 0.500. The predicted molar refractivity (Wildman–Crippen MR) is 80.3 cm³/mol. The second-order valence-corrected chi connectivity index (χ2v) is 5.59. The number of hydrogen-bond donors (Lipinski definition) is 1. The Kier molecular flexibility index (Phi) is 4.39. The van der Waals surface area contributed by atoms with Gasteiger partial charge in [0.05, 0.1) is 0 Å². The Bertz CT molecular complexity index is 488. The zero-order chi connectivity index (χ0) is 12.7. The third kappa shape index (κ3) is 2.47. The van der Waals surface area contributed by atoms with Crippen LogP contribution in [0.4, 0.5) is 5.69 Å². The smallest absolute Gasteiger partial charge is 0.230 e. The molecule has 1 unspecified atom stereocenters. The van der Waals surface area contributed by atoms with E-state index in [1.165, 1.54) is 0 Å². The van der Waals surface area contributed by atoms with Gasteiger partial charge in [0, 0.05) is 23.2 Å². The van der Waals surface area contributed by atoms with Crippen LogP contribution in [0.5, 0.6) is 0 Å². The first-order valence-electron chi connectivity index (χ1n) is 6.48. The van der Waals surface area contributed by atoms with Crippen LogP contribution in [0, 0.1) is 11.8 Å². The van der Waals surface area contributed by atoms with Gasteiger partial charge in [-0.1, -0.05) is 24.6 Å². The molecule has 0 saturated carbocycles. The van der Waals surface area contributed by atoms with Gasteiger partial charge in [-0.25, -0.2) is 0 Å². The van der Waals surface area contributed by atoms with E-state index in [4.69, 9.17) is 11.6 Å². The van der Waals surface area contributed by atoms with Crippen molar-refractivity contribution in [2.24, 2.45) is 11.8 Å². The van der Waals surface area contributed by atoms with Crippen LogP contribution in [0.1, 0.15) is 12.5 Å². The molecule has 1 fully saturated rings. The monoisotopic (exact) mass is 300 g/mol. The summed E-state index contributed by atoms with van der Waals surface area (Å²) in [6.07, 6.45) is 0.871. The second kappa shape index (κ2) is 5.70. The first-order chi connectivity index (χ1) is 8.68. The minimum atomic E-state index is 0. The van der Waals surface area contributed by atoms with Gasteiger partial charge >= 0.3 is 0 Å². The van der Waals surface area contributed by atoms with Crippen LogP contribution >= 0.6 is 24.0 Å². The fourth-order valence-electron chi connectivity index (χ4n) is 2.73. The van der Waals surface area contributed by atoms with Gasteiger partial charge in [0.2, 0.25) is 5.91 Å². The number of hydrogen-bond acceptors (Lipinski definition) is 2. The maximum absolute atomic E-state index is 12.5. The van der Waals surface area contributed by atoms with Gasteiger partial charge in [0.1, 0.15) is 0 Å². The van der Waals surface area contributed by atoms with Crippen molar-refractivity contribution >= 4 is 35.6 Å². The van der Waals surface area contributed by atoms with Gasteiger partial charge in [-0.2, -0.15) is 0 Å². The summed E-state index contributed by atoms with van der Waals surface area (Å²) in [4.78, 5) is 14.4. The molecule has 0 spiro atoms. The van der Waals surface area contributed by atoms with Gasteiger partial charge in [-0.15, -0.1) is 12.4 Å². The minimum absolute atomic E-state index is 0. The van der Waals surface area contributed by atoms with E-state index in [0.29, 0.717) is 5.92 Å². The number of carbonyl (C=O) groups is 1. The molecular formula is C14H18Cl2N2O. The molecule has 1 aromatic carbocycles. The zero-order valence-electron chi connectivity index (χ0n) is 10.9. The third-order valence-electron chi connectivity index (χ3n) is 4.15. The highest BCUT2D eigenvalue weighted by Crippen LogP contribution is 2.35. The highest BCUT2D eigenvalue weighted by molar-refractivity contribution is 6.32. The molecule has 2 heterocycles. The molecule has 1 atom stereocenters. The molecule has 1 N–H and O–H groups in total. The molecular weight excluding hydrogens is 283 g/mol. The Balaban J connectivity index is 0.00000133. The summed E-state index contributed by atoms with van der Waals surface area (Å²) in [6.45, 7) is 4.73. The van der Waals surface area contributed by atoms with Crippen LogP contribution in [0.2, 0.25) is 5.02 Å². The van der Waals surface area contributed by atoms with Crippen LogP contribution in [0.3, 0.4) is 0 Å². The maximum atomic E-state index is 12.5. The highest BCUT2D eigenvalue weighted by atomic mass is 35.5. The minimum Gasteiger partial charge on any atom is -0.316 e. The molecule has 0 aliphatic carbocycles. The summed E-state index contributed by atoms with van der Waals surface area (Å²) in [5, 5.41) is 4.00. The fourth-order valence-corrected chi connectivity index (χ4v) is 3.00. The molecule has 0 aromatic heterocycles. The van der Waals surface area contributed by atoms with E-state index in [2.05, 4.69) is 5.32 Å². The number of fused-ring (bicyclic) bond motifs is 1. The van der Waals surface area contributed by atoms with Gasteiger partial charge in [0.15, 0.2) is 0 Å². The van der Waals surface area contributed by atoms with Crippen LogP contribution in [0.25, 0.3) is 0 Å². The average Bonchev–Trinajstić information content (AvgIpc) is 2.71. The van der Waals surface area contributed by atoms with Gasteiger partial charge < -0.3 is 10.2 Å². The number of halogens is 2. The zero-order valence-corrected chi connectivity index (χ0v) is 12.4. The van der Waals surface area contributed by atoms with Crippen LogP contribution in [-0.4, -0.2) is 25.5 Å². The van der Waals surface area contributed by atoms with E-state index < -0.39 is 0 Å². The number of amides is 1. The number of nitrogens with zero attached hydrogens (tertiary/aromatic N) is 1. The van der Waals surface area contributed by atoms with E-state index in [0.717, 1.165) is 42.3 Å². The lowest BCUT2D eigenvalue weighted by Gasteiger charge is -2.34. The molecule has 3 rings (SSSR count). The van der Waals surface area contributed by atoms with E-state index in [1.807, 2.05) is 30.0 Å². The Labute approximate surface area is 124 Å². The SMILES string of the molecule is CC(C(=O)N1CCc2c(Cl)cccc21)C1CNC1.Cl. The van der Waals surface area contributed by atoms with E-state index in [9.17, 15) is 4.79 Å². The molecule has 1 saturated heterocycles. The van der Waals surface area contributed by atoms with Crippen molar-refractivity contribution in [1.29, 1.82) is 0 Å². The molecule has 104 valence electrons. The van der Waals surface area contributed by atoms with E-state index >= 15 is 0 Å². The predicted octanol–water partition coefficient (Wildman–Crippen LogP) is 2.51. The number of benzene rings is 1. The molecule has 19 heavy (non-hydrogen) atoms. The van der Waals surface area contributed by atoms with Crippen LogP contribution in [-0.2, 0) is 11.2 Å². The standard InChI is InChI=1S/C14H17ClN2O.ClH/c1-9(10-7-16-8-10)14(18)17-6-5-11-12(15)3-2-4-13(11)17;/h2-4,9-10,16H,5-8H2,1H3;1H. The topological polar surface area (TPSA) is 32.3 Å². The first-order valence-corrected chi connectivity index (χ1v) is 6.86. The quantitative estimate of drug-likeness (QED) is 0.910. The van der Waals surface area contributed by atoms with Crippen molar-refractivity contribution in [3.05, 3.63) is 28.8 Å². The van der Waals surface area contributed by atoms with Crippen LogP contribution in [0.15, 0.2) is 18.2 Å². The normalized spacial score (nSPS) is 19.4. The molecule has 5 heteroatoms. The van der Waals surface area contributed by atoms with Crippen molar-refractivity contribution in [1.82, 2.24) is 5.32 Å². The van der Waals surface area contributed by atoms with Crippen molar-refractivity contribution in [2.45, 2.75) is 13.3 Å². The second-order valence-electron chi connectivity index (χ2n) is 5.18. The molecule has 1 amide bonds. The summed E-state index contributed by atoms with van der Waals surface area (Å²) in [6, 6.07) is 5.81. The van der Waals surface area contributed by atoms with Crippen LogP contribution < -0.4 is 10.2 Å². The van der Waals surface area contributed by atoms with Crippen molar-refractivity contribution in [3.8, 4) is 0 Å². The molecule has 2 aliphatic rings. The maximum Gasteiger partial charge on any atom is 0.230 e. The molecule has 2 aliphatic heterocycles. The van der Waals surface area contributed by atoms with E-state index in [-0.39, 0.29) is 24.2 Å². The summed E-state index contributed by atoms with van der Waals surface area (Å²) in [5.41, 5.74) is 2.12. The number of carbonyl (C=O) groups excluding carboxylic acids is 1. The molecule has 1 aromatic rings. The van der Waals surface area contributed by atoms with Crippen molar-refractivity contribution < 1.29 is 4.79 Å². The Morgan fingerprint density at radius 1 is 1.47 bits per heavy atom. The number of nitrogens with one attached hydrogen (secondary N) is 1. The summed E-state index contributed by atoms with van der Waals surface area (Å²) < 4.78 is 0. The molecule has 3 nitrogen and oxygen atoms in total. The number of anilines is 1. The lowest BCUT2D eigenvalue weighted by atomic mass is 9.88. The lowest BCUT2D eigenvalue weighted by Crippen LogP contribution is -2.50. The molecule has 0 bridgehead atoms. The largest absolute Gasteiger partial charge is 0.316 e. The van der Waals surface area contributed by atoms with Gasteiger partial charge in [-0.3, -0.25) is 4.79 Å². The first kappa shape index (κ1) is 14.6. The highest BCUT2D eigenvalue weighted by Gasteiger charge is 2.34. The Morgan fingerprint density at radius 2 is 2.21 bits per heavy atom. The van der Waals surface area contributed by atoms with Crippen molar-refractivity contribution in [3.63, 3.8) is 0 Å². The van der Waals surface area contributed by atoms with E-state index in [1.54, 1.807) is 0 Å².